The molecule has 3 nitrogen and oxygen atoms in total. The summed E-state index contributed by atoms with van der Waals surface area (Å²) in [5.41, 5.74) is 5.13. The van der Waals surface area contributed by atoms with Crippen LogP contribution in [0, 0.1) is 0 Å². The summed E-state index contributed by atoms with van der Waals surface area (Å²) in [7, 11) is 4.13. The van der Waals surface area contributed by atoms with E-state index < -0.39 is 0 Å². The van der Waals surface area contributed by atoms with E-state index in [2.05, 4.69) is 83.5 Å². The average Bonchev–Trinajstić information content (AvgIpc) is 2.79. The minimum atomic E-state index is 0.735. The lowest BCUT2D eigenvalue weighted by Crippen LogP contribution is -2.10. The Balaban J connectivity index is 1.97. The maximum absolute atomic E-state index is 5.09. The monoisotopic (exact) mass is 453 g/mol. The number of rotatable bonds is 3. The number of anilines is 1. The Kier molecular flexibility index (Phi) is 4.72. The fraction of sp³-hybridized carbons (Fsp3) is 0.0769. The van der Waals surface area contributed by atoms with Gasteiger partial charge in [0.2, 0.25) is 0 Å². The zero-order valence-corrected chi connectivity index (χ0v) is 18.4. The number of aromatic nitrogens is 2. The second-order valence-electron chi connectivity index (χ2n) is 7.48. The predicted molar refractivity (Wildman–Crippen MR) is 130 cm³/mol. The molecule has 0 aliphatic heterocycles. The predicted octanol–water partition coefficient (Wildman–Crippen LogP) is 6.95. The third-order valence-corrected chi connectivity index (χ3v) is 5.94. The first kappa shape index (κ1) is 18.8. The van der Waals surface area contributed by atoms with Gasteiger partial charge in [-0.15, -0.1) is 0 Å². The van der Waals surface area contributed by atoms with Crippen LogP contribution in [0.15, 0.2) is 89.4 Å². The van der Waals surface area contributed by atoms with Crippen molar-refractivity contribution in [3.63, 3.8) is 0 Å². The number of fused-ring (bicyclic) bond motifs is 3. The molecule has 0 aliphatic rings. The number of benzene rings is 4. The minimum Gasteiger partial charge on any atom is -0.376 e. The van der Waals surface area contributed by atoms with Gasteiger partial charge in [-0.2, -0.15) is 0 Å². The Hall–Kier alpha value is -3.24. The molecule has 146 valence electrons. The van der Waals surface area contributed by atoms with E-state index in [4.69, 9.17) is 9.97 Å². The molecule has 0 bridgehead atoms. The van der Waals surface area contributed by atoms with Crippen LogP contribution < -0.4 is 4.90 Å². The topological polar surface area (TPSA) is 29.0 Å². The third-order valence-electron chi connectivity index (χ3n) is 5.30. The van der Waals surface area contributed by atoms with E-state index in [1.165, 1.54) is 0 Å². The van der Waals surface area contributed by atoms with E-state index >= 15 is 0 Å². The first-order valence-corrected chi connectivity index (χ1v) is 10.6. The summed E-state index contributed by atoms with van der Waals surface area (Å²) < 4.78 is 1.05. The van der Waals surface area contributed by atoms with Crippen LogP contribution in [0.1, 0.15) is 0 Å². The highest BCUT2D eigenvalue weighted by Gasteiger charge is 2.17. The smallest absolute Gasteiger partial charge is 0.160 e. The first-order valence-electron chi connectivity index (χ1n) is 9.84. The molecule has 30 heavy (non-hydrogen) atoms. The van der Waals surface area contributed by atoms with Crippen molar-refractivity contribution in [1.29, 1.82) is 0 Å². The van der Waals surface area contributed by atoms with Crippen LogP contribution in [0.25, 0.3) is 44.3 Å². The molecule has 0 spiro atoms. The van der Waals surface area contributed by atoms with Gasteiger partial charge in [-0.25, -0.2) is 9.97 Å². The Morgan fingerprint density at radius 2 is 1.33 bits per heavy atom. The van der Waals surface area contributed by atoms with Crippen molar-refractivity contribution in [3.05, 3.63) is 89.4 Å². The van der Waals surface area contributed by atoms with Gasteiger partial charge in [0, 0.05) is 40.5 Å². The van der Waals surface area contributed by atoms with Gasteiger partial charge in [-0.3, -0.25) is 0 Å². The summed E-state index contributed by atoms with van der Waals surface area (Å²) in [5.74, 6) is 0.735. The zero-order valence-electron chi connectivity index (χ0n) is 16.8. The third kappa shape index (κ3) is 3.14. The van der Waals surface area contributed by atoms with Crippen LogP contribution in [0.5, 0.6) is 0 Å². The fourth-order valence-corrected chi connectivity index (χ4v) is 4.61. The Morgan fingerprint density at radius 3 is 2.00 bits per heavy atom. The molecule has 0 radical (unpaired) electrons. The number of halogens is 1. The molecule has 1 aromatic heterocycles. The number of nitrogens with zero attached hydrogens (tertiary/aromatic N) is 3. The van der Waals surface area contributed by atoms with Gasteiger partial charge < -0.3 is 4.90 Å². The fourth-order valence-electron chi connectivity index (χ4n) is 3.93. The molecular formula is C26H20BrN3. The SMILES string of the molecule is CN(C)c1c(Br)ccc2ccc3c(-c4ccccc4)nc(-c4ccccc4)nc3c12. The Bertz CT molecular complexity index is 1360. The van der Waals surface area contributed by atoms with E-state index in [9.17, 15) is 0 Å². The molecule has 0 unspecified atom stereocenters. The second-order valence-corrected chi connectivity index (χ2v) is 8.33. The molecule has 0 saturated heterocycles. The van der Waals surface area contributed by atoms with E-state index in [-0.39, 0.29) is 0 Å². The summed E-state index contributed by atoms with van der Waals surface area (Å²) in [4.78, 5) is 12.2. The van der Waals surface area contributed by atoms with E-state index in [0.29, 0.717) is 0 Å². The normalized spacial score (nSPS) is 11.2. The van der Waals surface area contributed by atoms with Crippen LogP contribution in [0.3, 0.4) is 0 Å². The highest BCUT2D eigenvalue weighted by atomic mass is 79.9. The van der Waals surface area contributed by atoms with Crippen LogP contribution >= 0.6 is 15.9 Å². The van der Waals surface area contributed by atoms with Gasteiger partial charge in [-0.05, 0) is 33.4 Å². The highest BCUT2D eigenvalue weighted by Crippen LogP contribution is 2.40. The van der Waals surface area contributed by atoms with Crippen LogP contribution in [0.4, 0.5) is 5.69 Å². The molecule has 4 heteroatoms. The molecule has 0 saturated carbocycles. The van der Waals surface area contributed by atoms with Crippen molar-refractivity contribution < 1.29 is 0 Å². The highest BCUT2D eigenvalue weighted by molar-refractivity contribution is 9.10. The van der Waals surface area contributed by atoms with Gasteiger partial charge >= 0.3 is 0 Å². The molecule has 0 atom stereocenters. The van der Waals surface area contributed by atoms with Gasteiger partial charge in [0.25, 0.3) is 0 Å². The van der Waals surface area contributed by atoms with Crippen LogP contribution in [0.2, 0.25) is 0 Å². The van der Waals surface area contributed by atoms with Crippen LogP contribution in [-0.2, 0) is 0 Å². The van der Waals surface area contributed by atoms with Crippen molar-refractivity contribution in [2.75, 3.05) is 19.0 Å². The summed E-state index contributed by atoms with van der Waals surface area (Å²) in [6.07, 6.45) is 0. The quantitative estimate of drug-likeness (QED) is 0.277. The lowest BCUT2D eigenvalue weighted by Gasteiger charge is -2.19. The van der Waals surface area contributed by atoms with Gasteiger partial charge in [0.15, 0.2) is 5.82 Å². The lowest BCUT2D eigenvalue weighted by molar-refractivity contribution is 1.14. The number of hydrogen-bond donors (Lipinski definition) is 0. The molecular weight excluding hydrogens is 434 g/mol. The Labute approximate surface area is 184 Å². The van der Waals surface area contributed by atoms with Crippen molar-refractivity contribution in [2.24, 2.45) is 0 Å². The van der Waals surface area contributed by atoms with E-state index in [0.717, 1.165) is 54.5 Å². The molecule has 0 aliphatic carbocycles. The lowest BCUT2D eigenvalue weighted by atomic mass is 10.00. The van der Waals surface area contributed by atoms with Gasteiger partial charge in [0.05, 0.1) is 16.9 Å². The minimum absolute atomic E-state index is 0.735. The van der Waals surface area contributed by atoms with Crippen LogP contribution in [-0.4, -0.2) is 24.1 Å². The van der Waals surface area contributed by atoms with Crippen molar-refractivity contribution in [1.82, 2.24) is 9.97 Å². The molecule has 4 aromatic carbocycles. The molecule has 0 fully saturated rings. The van der Waals surface area contributed by atoms with Crippen molar-refractivity contribution in [3.8, 4) is 22.6 Å². The van der Waals surface area contributed by atoms with Crippen molar-refractivity contribution >= 4 is 43.3 Å². The zero-order chi connectivity index (χ0) is 20.7. The molecule has 5 rings (SSSR count). The maximum Gasteiger partial charge on any atom is 0.160 e. The Morgan fingerprint density at radius 1 is 0.700 bits per heavy atom. The maximum atomic E-state index is 5.09. The first-order chi connectivity index (χ1) is 14.6. The summed E-state index contributed by atoms with van der Waals surface area (Å²) in [6, 6.07) is 29.1. The molecule has 1 heterocycles. The van der Waals surface area contributed by atoms with Gasteiger partial charge in [-0.1, -0.05) is 72.8 Å². The van der Waals surface area contributed by atoms with E-state index in [1.807, 2.05) is 36.4 Å². The summed E-state index contributed by atoms with van der Waals surface area (Å²) in [6.45, 7) is 0. The summed E-state index contributed by atoms with van der Waals surface area (Å²) in [5, 5.41) is 3.34. The van der Waals surface area contributed by atoms with E-state index in [1.54, 1.807) is 0 Å². The number of hydrogen-bond acceptors (Lipinski definition) is 3. The molecule has 0 amide bonds. The largest absolute Gasteiger partial charge is 0.376 e. The average molecular weight is 454 g/mol. The second kappa shape index (κ2) is 7.54. The summed E-state index contributed by atoms with van der Waals surface area (Å²) >= 11 is 3.75. The van der Waals surface area contributed by atoms with Gasteiger partial charge in [0.1, 0.15) is 0 Å². The van der Waals surface area contributed by atoms with Crippen molar-refractivity contribution in [2.45, 2.75) is 0 Å². The molecule has 5 aromatic rings. The molecule has 0 N–H and O–H groups in total. The standard InChI is InChI=1S/C26H20BrN3/c1-30(2)25-21(27)16-14-17-13-15-20-23(18-9-5-3-6-10-18)28-26(29-24(20)22(17)25)19-11-7-4-8-12-19/h3-16H,1-2H3.